The van der Waals surface area contributed by atoms with Gasteiger partial charge in [0.2, 0.25) is 5.78 Å². The number of pyridine rings is 1. The number of aromatic amines is 1. The molecule has 2 aromatic heterocycles. The lowest BCUT2D eigenvalue weighted by Crippen LogP contribution is -2.52. The van der Waals surface area contributed by atoms with Crippen molar-refractivity contribution in [1.29, 1.82) is 0 Å². The maximum atomic E-state index is 14.7. The van der Waals surface area contributed by atoms with Gasteiger partial charge in [-0.15, -0.1) is 0 Å². The minimum atomic E-state index is -0.947. The Kier molecular flexibility index (Phi) is 5.33. The van der Waals surface area contributed by atoms with E-state index in [1.165, 1.54) is 4.90 Å². The number of benzene rings is 1. The molecule has 33 heavy (non-hydrogen) atoms. The third kappa shape index (κ3) is 3.73. The van der Waals surface area contributed by atoms with E-state index in [0.29, 0.717) is 35.7 Å². The van der Waals surface area contributed by atoms with Crippen molar-refractivity contribution in [3.63, 3.8) is 0 Å². The lowest BCUT2D eigenvalue weighted by Gasteiger charge is -2.34. The van der Waals surface area contributed by atoms with Crippen LogP contribution in [0.4, 0.5) is 10.1 Å². The number of fused-ring (bicyclic) bond motifs is 1. The van der Waals surface area contributed by atoms with E-state index in [1.807, 2.05) is 6.07 Å². The molecule has 1 aromatic carbocycles. The monoisotopic (exact) mass is 448 g/mol. The van der Waals surface area contributed by atoms with Crippen molar-refractivity contribution in [3.05, 3.63) is 65.7 Å². The largest absolute Gasteiger partial charge is 0.382 e. The Labute approximate surface area is 188 Å². The second-order valence-electron chi connectivity index (χ2n) is 7.95. The van der Waals surface area contributed by atoms with Crippen LogP contribution in [0.15, 0.2) is 48.8 Å². The van der Waals surface area contributed by atoms with Crippen LogP contribution in [0.2, 0.25) is 0 Å². The van der Waals surface area contributed by atoms with Gasteiger partial charge >= 0.3 is 0 Å². The molecule has 10 heteroatoms. The van der Waals surface area contributed by atoms with Crippen molar-refractivity contribution in [2.45, 2.75) is 5.92 Å². The Morgan fingerprint density at radius 2 is 1.73 bits per heavy atom. The molecular formula is C23H21FN6O3. The van der Waals surface area contributed by atoms with E-state index in [-0.39, 0.29) is 31.1 Å². The summed E-state index contributed by atoms with van der Waals surface area (Å²) < 4.78 is 14.7. The zero-order valence-corrected chi connectivity index (χ0v) is 17.6. The highest BCUT2D eigenvalue weighted by Gasteiger charge is 2.39. The van der Waals surface area contributed by atoms with Gasteiger partial charge < -0.3 is 15.1 Å². The lowest BCUT2D eigenvalue weighted by molar-refractivity contribution is -0.146. The Morgan fingerprint density at radius 1 is 1.00 bits per heavy atom. The number of carbonyl (C=O) groups excluding carboxylic acids is 3. The van der Waals surface area contributed by atoms with Gasteiger partial charge in [0.25, 0.3) is 11.8 Å². The van der Waals surface area contributed by atoms with E-state index >= 15 is 0 Å². The summed E-state index contributed by atoms with van der Waals surface area (Å²) in [6.07, 6.45) is 2.67. The van der Waals surface area contributed by atoms with Gasteiger partial charge in [-0.1, -0.05) is 18.2 Å². The Balaban J connectivity index is 1.29. The lowest BCUT2D eigenvalue weighted by atomic mass is 9.95. The molecule has 2 amide bonds. The quantitative estimate of drug-likeness (QED) is 0.588. The molecule has 5 rings (SSSR count). The van der Waals surface area contributed by atoms with Gasteiger partial charge in [-0.2, -0.15) is 5.10 Å². The standard InChI is InChI=1S/C23H21FN6O3/c24-16-13-26-19(17-6-7-27-28-17)20-18(16)15(12-25-20)21(31)23(33)30-10-8-29(9-11-30)22(32)14-4-2-1-3-5-14/h1-7,13,15,25H,8-12H2,(H,27,28). The van der Waals surface area contributed by atoms with Gasteiger partial charge in [-0.3, -0.25) is 19.5 Å². The van der Waals surface area contributed by atoms with E-state index in [1.54, 1.807) is 41.4 Å². The summed E-state index contributed by atoms with van der Waals surface area (Å²) >= 11 is 0. The number of nitrogens with zero attached hydrogens (tertiary/aromatic N) is 4. The van der Waals surface area contributed by atoms with Gasteiger partial charge in [0.05, 0.1) is 17.8 Å². The first-order chi connectivity index (χ1) is 16.0. The number of aromatic nitrogens is 3. The van der Waals surface area contributed by atoms with Crippen molar-refractivity contribution >= 4 is 23.3 Å². The molecule has 2 N–H and O–H groups in total. The van der Waals surface area contributed by atoms with Gasteiger partial charge in [0.15, 0.2) is 0 Å². The highest BCUT2D eigenvalue weighted by Crippen LogP contribution is 2.39. The van der Waals surface area contributed by atoms with E-state index in [2.05, 4.69) is 20.5 Å². The summed E-state index contributed by atoms with van der Waals surface area (Å²) in [7, 11) is 0. The van der Waals surface area contributed by atoms with Gasteiger partial charge in [-0.05, 0) is 18.2 Å². The van der Waals surface area contributed by atoms with E-state index in [0.717, 1.165) is 6.20 Å². The van der Waals surface area contributed by atoms with Crippen LogP contribution in [0.25, 0.3) is 11.4 Å². The Morgan fingerprint density at radius 3 is 2.42 bits per heavy atom. The summed E-state index contributed by atoms with van der Waals surface area (Å²) in [6.45, 7) is 1.25. The summed E-state index contributed by atoms with van der Waals surface area (Å²) in [5.41, 5.74) is 2.03. The molecular weight excluding hydrogens is 427 g/mol. The number of hydrogen-bond donors (Lipinski definition) is 2. The second-order valence-corrected chi connectivity index (χ2v) is 7.95. The predicted octanol–water partition coefficient (Wildman–Crippen LogP) is 1.67. The third-order valence-corrected chi connectivity index (χ3v) is 6.05. The number of amides is 2. The first-order valence-electron chi connectivity index (χ1n) is 10.6. The normalized spacial score (nSPS) is 17.4. The van der Waals surface area contributed by atoms with Gasteiger partial charge in [0, 0.05) is 50.0 Å². The van der Waals surface area contributed by atoms with Gasteiger partial charge in [0.1, 0.15) is 17.2 Å². The van der Waals surface area contributed by atoms with E-state index in [4.69, 9.17) is 0 Å². The Bertz CT molecular complexity index is 1210. The average Bonchev–Trinajstić information content (AvgIpc) is 3.55. The molecule has 1 unspecified atom stereocenters. The van der Waals surface area contributed by atoms with Crippen LogP contribution < -0.4 is 5.32 Å². The number of anilines is 1. The smallest absolute Gasteiger partial charge is 0.290 e. The molecule has 9 nitrogen and oxygen atoms in total. The molecule has 0 spiro atoms. The molecule has 4 heterocycles. The number of nitrogens with one attached hydrogen (secondary N) is 2. The predicted molar refractivity (Wildman–Crippen MR) is 117 cm³/mol. The van der Waals surface area contributed by atoms with E-state index < -0.39 is 23.4 Å². The first-order valence-corrected chi connectivity index (χ1v) is 10.6. The van der Waals surface area contributed by atoms with Crippen LogP contribution in [-0.4, -0.2) is 75.3 Å². The molecule has 0 radical (unpaired) electrons. The summed E-state index contributed by atoms with van der Waals surface area (Å²) in [5, 5.41) is 9.78. The topological polar surface area (TPSA) is 111 Å². The molecule has 3 aromatic rings. The summed E-state index contributed by atoms with van der Waals surface area (Å²) in [6, 6.07) is 10.6. The first kappa shape index (κ1) is 20.8. The minimum absolute atomic E-state index is 0.104. The molecule has 2 aliphatic rings. The molecule has 0 saturated carbocycles. The number of halogens is 1. The zero-order chi connectivity index (χ0) is 22.9. The second kappa shape index (κ2) is 8.45. The van der Waals surface area contributed by atoms with Crippen LogP contribution in [0.5, 0.6) is 0 Å². The van der Waals surface area contributed by atoms with Crippen LogP contribution >= 0.6 is 0 Å². The SMILES string of the molecule is O=C(C(=O)N1CCN(C(=O)c2ccccc2)CC1)C1CNc2c(-c3cc[nH]n3)ncc(F)c21. The average molecular weight is 448 g/mol. The van der Waals surface area contributed by atoms with Crippen LogP contribution in [0.1, 0.15) is 21.8 Å². The van der Waals surface area contributed by atoms with Gasteiger partial charge in [-0.25, -0.2) is 9.37 Å². The van der Waals surface area contributed by atoms with Crippen molar-refractivity contribution in [1.82, 2.24) is 25.0 Å². The maximum absolute atomic E-state index is 14.7. The molecule has 1 atom stereocenters. The number of carbonyl (C=O) groups is 3. The molecule has 1 fully saturated rings. The molecule has 2 aliphatic heterocycles. The van der Waals surface area contributed by atoms with Crippen molar-refractivity contribution in [2.24, 2.45) is 0 Å². The molecule has 1 saturated heterocycles. The fourth-order valence-corrected chi connectivity index (χ4v) is 4.32. The Hall–Kier alpha value is -4.08. The highest BCUT2D eigenvalue weighted by atomic mass is 19.1. The zero-order valence-electron chi connectivity index (χ0n) is 17.6. The van der Waals surface area contributed by atoms with Crippen molar-refractivity contribution in [2.75, 3.05) is 38.0 Å². The highest BCUT2D eigenvalue weighted by molar-refractivity contribution is 6.38. The van der Waals surface area contributed by atoms with Crippen LogP contribution in [0, 0.1) is 5.82 Å². The molecule has 168 valence electrons. The fourth-order valence-electron chi connectivity index (χ4n) is 4.32. The van der Waals surface area contributed by atoms with Crippen LogP contribution in [0.3, 0.4) is 0 Å². The summed E-state index contributed by atoms with van der Waals surface area (Å²) in [4.78, 5) is 45.8. The number of rotatable bonds is 4. The summed E-state index contributed by atoms with van der Waals surface area (Å²) in [5.74, 6) is -3.04. The van der Waals surface area contributed by atoms with Crippen molar-refractivity contribution in [3.8, 4) is 11.4 Å². The minimum Gasteiger partial charge on any atom is -0.382 e. The number of Topliss-reactive ketones (excluding diaryl/α,β-unsaturated/α-hetero) is 1. The van der Waals surface area contributed by atoms with E-state index in [9.17, 15) is 18.8 Å². The number of piperazine rings is 1. The third-order valence-electron chi connectivity index (χ3n) is 6.05. The number of ketones is 1. The number of hydrogen-bond acceptors (Lipinski definition) is 6. The molecule has 0 aliphatic carbocycles. The maximum Gasteiger partial charge on any atom is 0.290 e. The number of H-pyrrole nitrogens is 1. The van der Waals surface area contributed by atoms with Crippen LogP contribution in [-0.2, 0) is 9.59 Å². The fraction of sp³-hybridized carbons (Fsp3) is 0.261. The van der Waals surface area contributed by atoms with Crippen molar-refractivity contribution < 1.29 is 18.8 Å². The molecule has 0 bridgehead atoms.